The highest BCUT2D eigenvalue weighted by atomic mass is 16.5. The summed E-state index contributed by atoms with van der Waals surface area (Å²) in [6.45, 7) is 4.33. The molecule has 1 aromatic rings. The second-order valence-electron chi connectivity index (χ2n) is 6.38. The fourth-order valence-corrected chi connectivity index (χ4v) is 2.68. The van der Waals surface area contributed by atoms with E-state index < -0.39 is 18.1 Å². The highest BCUT2D eigenvalue weighted by Gasteiger charge is 2.19. The molecule has 0 radical (unpaired) electrons. The molecule has 1 aromatic carbocycles. The molecule has 0 aliphatic rings. The van der Waals surface area contributed by atoms with Crippen molar-refractivity contribution >= 4 is 12.3 Å². The summed E-state index contributed by atoms with van der Waals surface area (Å²) in [7, 11) is 0. The molecule has 0 saturated heterocycles. The molecule has 25 heavy (non-hydrogen) atoms. The van der Waals surface area contributed by atoms with Gasteiger partial charge in [-0.3, -0.25) is 9.59 Å². The molecule has 0 bridgehead atoms. The van der Waals surface area contributed by atoms with E-state index in [0.29, 0.717) is 19.3 Å². The van der Waals surface area contributed by atoms with Crippen LogP contribution in [0.5, 0.6) is 0 Å². The molecule has 0 fully saturated rings. The largest absolute Gasteiger partial charge is 0.459 e. The molecule has 0 aliphatic heterocycles. The predicted octanol–water partition coefficient (Wildman–Crippen LogP) is 4.38. The summed E-state index contributed by atoms with van der Waals surface area (Å²) in [4.78, 5) is 22.9. The summed E-state index contributed by atoms with van der Waals surface area (Å²) in [6.07, 6.45) is 7.61. The monoisotopic (exact) mass is 346 g/mol. The zero-order chi connectivity index (χ0) is 18.5. The zero-order valence-corrected chi connectivity index (χ0v) is 15.3. The Hall–Kier alpha value is -1.94. The second kappa shape index (κ2) is 12.4. The molecular formula is C21H30O4. The molecule has 0 saturated carbocycles. The molecular weight excluding hydrogens is 316 g/mol. The molecule has 1 N–H and O–H groups in total. The van der Waals surface area contributed by atoms with Crippen molar-refractivity contribution in [2.75, 3.05) is 0 Å². The van der Waals surface area contributed by atoms with Crippen LogP contribution in [0.1, 0.15) is 64.0 Å². The summed E-state index contributed by atoms with van der Waals surface area (Å²) < 4.78 is 5.10. The molecule has 3 atom stereocenters. The van der Waals surface area contributed by atoms with Crippen LogP contribution in [0.25, 0.3) is 0 Å². The van der Waals surface area contributed by atoms with Gasteiger partial charge in [-0.1, -0.05) is 75.9 Å². The predicted molar refractivity (Wildman–Crippen MR) is 99.0 cm³/mol. The Balaban J connectivity index is 2.49. The number of aliphatic hydroxyl groups is 1. The van der Waals surface area contributed by atoms with E-state index >= 15 is 0 Å². The SMILES string of the molecule is CCCCCC[C@@H](O)[C@H](C)C(=O)/C=C/C[C@@H](OC=O)c1ccccc1. The number of allylic oxidation sites excluding steroid dienone is 1. The third-order valence-electron chi connectivity index (χ3n) is 4.40. The van der Waals surface area contributed by atoms with Gasteiger partial charge in [0.1, 0.15) is 6.10 Å². The minimum Gasteiger partial charge on any atom is -0.459 e. The lowest BCUT2D eigenvalue weighted by molar-refractivity contribution is -0.133. The van der Waals surface area contributed by atoms with E-state index in [2.05, 4.69) is 6.92 Å². The van der Waals surface area contributed by atoms with Gasteiger partial charge in [0.05, 0.1) is 6.10 Å². The number of benzene rings is 1. The summed E-state index contributed by atoms with van der Waals surface area (Å²) in [5, 5.41) is 10.1. The van der Waals surface area contributed by atoms with Crippen LogP contribution >= 0.6 is 0 Å². The summed E-state index contributed by atoms with van der Waals surface area (Å²) >= 11 is 0. The van der Waals surface area contributed by atoms with Gasteiger partial charge in [-0.15, -0.1) is 0 Å². The van der Waals surface area contributed by atoms with Crippen molar-refractivity contribution in [3.8, 4) is 0 Å². The molecule has 0 aromatic heterocycles. The van der Waals surface area contributed by atoms with E-state index in [4.69, 9.17) is 4.74 Å². The standard InChI is InChI=1S/C21H30O4/c1-3-4-5-9-13-19(23)17(2)20(24)14-10-15-21(25-16-22)18-11-7-6-8-12-18/h6-8,10-12,14,16-17,19,21,23H,3-5,9,13,15H2,1-2H3/b14-10+/t17-,19+,21+/m0/s1. The highest BCUT2D eigenvalue weighted by Crippen LogP contribution is 2.21. The van der Waals surface area contributed by atoms with Crippen LogP contribution in [0.4, 0.5) is 0 Å². The second-order valence-corrected chi connectivity index (χ2v) is 6.38. The smallest absolute Gasteiger partial charge is 0.293 e. The Morgan fingerprint density at radius 3 is 2.56 bits per heavy atom. The van der Waals surface area contributed by atoms with E-state index in [1.165, 1.54) is 6.08 Å². The van der Waals surface area contributed by atoms with E-state index in [1.54, 1.807) is 13.0 Å². The number of carbonyl (C=O) groups is 2. The number of carbonyl (C=O) groups excluding carboxylic acids is 2. The lowest BCUT2D eigenvalue weighted by Crippen LogP contribution is -2.24. The molecule has 0 heterocycles. The number of ether oxygens (including phenoxy) is 1. The Bertz CT molecular complexity index is 524. The minimum atomic E-state index is -0.606. The lowest BCUT2D eigenvalue weighted by Gasteiger charge is -2.16. The van der Waals surface area contributed by atoms with Crippen molar-refractivity contribution in [3.63, 3.8) is 0 Å². The van der Waals surface area contributed by atoms with Gasteiger partial charge >= 0.3 is 0 Å². The van der Waals surface area contributed by atoms with Crippen molar-refractivity contribution in [3.05, 3.63) is 48.0 Å². The average Bonchev–Trinajstić information content (AvgIpc) is 2.64. The molecule has 0 spiro atoms. The Labute approximate surface area is 150 Å². The van der Waals surface area contributed by atoms with Crippen molar-refractivity contribution < 1.29 is 19.4 Å². The van der Waals surface area contributed by atoms with Crippen molar-refractivity contribution in [2.24, 2.45) is 5.92 Å². The van der Waals surface area contributed by atoms with E-state index in [-0.39, 0.29) is 5.78 Å². The molecule has 4 heteroatoms. The van der Waals surface area contributed by atoms with Gasteiger partial charge in [0.2, 0.25) is 0 Å². The molecule has 0 aliphatic carbocycles. The van der Waals surface area contributed by atoms with E-state index in [0.717, 1.165) is 31.2 Å². The van der Waals surface area contributed by atoms with Crippen LogP contribution in [-0.2, 0) is 14.3 Å². The van der Waals surface area contributed by atoms with Crippen LogP contribution < -0.4 is 0 Å². The van der Waals surface area contributed by atoms with Crippen molar-refractivity contribution in [2.45, 2.75) is 64.6 Å². The van der Waals surface area contributed by atoms with Gasteiger partial charge in [0, 0.05) is 12.3 Å². The van der Waals surface area contributed by atoms with Crippen LogP contribution in [0.15, 0.2) is 42.5 Å². The summed E-state index contributed by atoms with van der Waals surface area (Å²) in [5.74, 6) is -0.513. The maximum absolute atomic E-state index is 12.2. The fourth-order valence-electron chi connectivity index (χ4n) is 2.68. The van der Waals surface area contributed by atoms with E-state index in [9.17, 15) is 14.7 Å². The molecule has 0 amide bonds. The molecule has 138 valence electrons. The van der Waals surface area contributed by atoms with Crippen LogP contribution in [0, 0.1) is 5.92 Å². The number of ketones is 1. The topological polar surface area (TPSA) is 63.6 Å². The highest BCUT2D eigenvalue weighted by molar-refractivity contribution is 5.91. The van der Waals surface area contributed by atoms with Crippen LogP contribution in [0.2, 0.25) is 0 Å². The first-order chi connectivity index (χ1) is 12.1. The first-order valence-electron chi connectivity index (χ1n) is 9.12. The maximum Gasteiger partial charge on any atom is 0.293 e. The van der Waals surface area contributed by atoms with Gasteiger partial charge < -0.3 is 9.84 Å². The summed E-state index contributed by atoms with van der Waals surface area (Å²) in [6, 6.07) is 9.41. The Morgan fingerprint density at radius 1 is 1.20 bits per heavy atom. The molecule has 1 rings (SSSR count). The Kier molecular flexibility index (Phi) is 10.5. The quantitative estimate of drug-likeness (QED) is 0.327. The van der Waals surface area contributed by atoms with Gasteiger partial charge in [-0.05, 0) is 18.1 Å². The third kappa shape index (κ3) is 8.12. The zero-order valence-electron chi connectivity index (χ0n) is 15.3. The number of aliphatic hydroxyl groups excluding tert-OH is 1. The number of hydrogen-bond acceptors (Lipinski definition) is 4. The first-order valence-corrected chi connectivity index (χ1v) is 9.12. The van der Waals surface area contributed by atoms with Gasteiger partial charge in [0.15, 0.2) is 5.78 Å². The van der Waals surface area contributed by atoms with Gasteiger partial charge in [-0.25, -0.2) is 0 Å². The number of hydrogen-bond donors (Lipinski definition) is 1. The van der Waals surface area contributed by atoms with Crippen molar-refractivity contribution in [1.29, 1.82) is 0 Å². The average molecular weight is 346 g/mol. The third-order valence-corrected chi connectivity index (χ3v) is 4.40. The lowest BCUT2D eigenvalue weighted by atomic mass is 9.94. The normalized spacial score (nSPS) is 14.8. The minimum absolute atomic E-state index is 0.0964. The van der Waals surface area contributed by atoms with Crippen molar-refractivity contribution in [1.82, 2.24) is 0 Å². The van der Waals surface area contributed by atoms with Gasteiger partial charge in [0.25, 0.3) is 6.47 Å². The van der Waals surface area contributed by atoms with Crippen LogP contribution in [-0.4, -0.2) is 23.5 Å². The first kappa shape index (κ1) is 21.1. The number of rotatable bonds is 13. The van der Waals surface area contributed by atoms with E-state index in [1.807, 2.05) is 30.3 Å². The fraction of sp³-hybridized carbons (Fsp3) is 0.524. The maximum atomic E-state index is 12.2. The van der Waals surface area contributed by atoms with Gasteiger partial charge in [-0.2, -0.15) is 0 Å². The number of unbranched alkanes of at least 4 members (excludes halogenated alkanes) is 3. The Morgan fingerprint density at radius 2 is 1.92 bits per heavy atom. The molecule has 0 unspecified atom stereocenters. The summed E-state index contributed by atoms with van der Waals surface area (Å²) in [5.41, 5.74) is 0.885. The van der Waals surface area contributed by atoms with Crippen LogP contribution in [0.3, 0.4) is 0 Å². The molecule has 4 nitrogen and oxygen atoms in total.